The first kappa shape index (κ1) is 19.9. The number of hydrogen-bond donors (Lipinski definition) is 1. The molecule has 0 unspecified atom stereocenters. The largest absolute Gasteiger partial charge is 0.464 e. The molecule has 0 bridgehead atoms. The molecule has 2 fully saturated rings. The number of esters is 1. The van der Waals surface area contributed by atoms with E-state index in [4.69, 9.17) is 16.3 Å². The zero-order valence-electron chi connectivity index (χ0n) is 16.8. The molecule has 4 aliphatic rings. The van der Waals surface area contributed by atoms with Crippen LogP contribution >= 0.6 is 11.6 Å². The van der Waals surface area contributed by atoms with Crippen LogP contribution < -0.4 is 0 Å². The van der Waals surface area contributed by atoms with E-state index in [2.05, 4.69) is 19.9 Å². The Morgan fingerprint density at radius 3 is 2.89 bits per heavy atom. The molecule has 4 rings (SSSR count). The summed E-state index contributed by atoms with van der Waals surface area (Å²) in [5, 5.41) is 10.9. The minimum Gasteiger partial charge on any atom is -0.464 e. The van der Waals surface area contributed by atoms with E-state index in [1.165, 1.54) is 12.5 Å². The third-order valence-electron chi connectivity index (χ3n) is 7.91. The number of halogens is 1. The summed E-state index contributed by atoms with van der Waals surface area (Å²) in [6.45, 7) is 5.96. The summed E-state index contributed by atoms with van der Waals surface area (Å²) in [6.07, 6.45) is 10.7. The minimum absolute atomic E-state index is 0.0568. The maximum atomic E-state index is 11.9. The Morgan fingerprint density at radius 1 is 1.43 bits per heavy atom. The number of hydrogen-bond acceptors (Lipinski definition) is 4. The van der Waals surface area contributed by atoms with Gasteiger partial charge in [-0.2, -0.15) is 0 Å². The van der Waals surface area contributed by atoms with Crippen molar-refractivity contribution in [3.8, 4) is 0 Å². The van der Waals surface area contributed by atoms with E-state index in [1.807, 2.05) is 6.08 Å². The van der Waals surface area contributed by atoms with Crippen molar-refractivity contribution < 1.29 is 19.4 Å². The number of carbonyl (C=O) groups is 2. The fraction of sp³-hybridized carbons (Fsp3) is 0.652. The molecular weight excluding hydrogens is 376 g/mol. The number of ether oxygens (including phenoxy) is 1. The van der Waals surface area contributed by atoms with Gasteiger partial charge in [0.25, 0.3) is 0 Å². The lowest BCUT2D eigenvalue weighted by atomic mass is 9.47. The maximum absolute atomic E-state index is 11.9. The van der Waals surface area contributed by atoms with E-state index in [0.717, 1.165) is 24.8 Å². The molecule has 0 saturated heterocycles. The second kappa shape index (κ2) is 6.84. The average molecular weight is 405 g/mol. The number of alkyl halides is 1. The summed E-state index contributed by atoms with van der Waals surface area (Å²) in [5.41, 5.74) is 1.84. The van der Waals surface area contributed by atoms with Crippen LogP contribution in [0.2, 0.25) is 0 Å². The molecule has 0 amide bonds. The van der Waals surface area contributed by atoms with E-state index >= 15 is 0 Å². The summed E-state index contributed by atoms with van der Waals surface area (Å²) in [4.78, 5) is 23.1. The fourth-order valence-corrected chi connectivity index (χ4v) is 7.09. The molecule has 7 atom stereocenters. The predicted octanol–water partition coefficient (Wildman–Crippen LogP) is 3.97. The molecule has 4 aliphatic carbocycles. The molecule has 1 N–H and O–H groups in total. The standard InChI is InChI=1S/C23H29ClO4/c1-13(25)28-12-19(24)18-7-6-17-16-5-4-14-10-15(26)8-9-22(14,2)21(16)20(27)11-23(17,18)3/h7-10,16-17,19-21,27H,4-6,11-12H2,1-3H3/t16-,17-,19-,20+,21+,22+,23+/m1/s1. The SMILES string of the molecule is CC(=O)OC[C@@H](Cl)C1=CC[C@@H]2[C@H]3CCC4=CC(=O)C=C[C@]4(C)[C@@H]3[C@@H](O)C[C@]12C. The number of allylic oxidation sites excluding steroid dienone is 5. The summed E-state index contributed by atoms with van der Waals surface area (Å²) in [7, 11) is 0. The molecule has 152 valence electrons. The van der Waals surface area contributed by atoms with E-state index in [1.54, 1.807) is 12.2 Å². The normalized spacial score (nSPS) is 42.7. The summed E-state index contributed by atoms with van der Waals surface area (Å²) >= 11 is 6.63. The van der Waals surface area contributed by atoms with Gasteiger partial charge in [0.2, 0.25) is 0 Å². The highest BCUT2D eigenvalue weighted by molar-refractivity contribution is 6.22. The van der Waals surface area contributed by atoms with Crippen LogP contribution in [0.25, 0.3) is 0 Å². The third kappa shape index (κ3) is 2.91. The lowest BCUT2D eigenvalue weighted by Crippen LogP contribution is -2.55. The van der Waals surface area contributed by atoms with Gasteiger partial charge in [-0.3, -0.25) is 9.59 Å². The first-order valence-electron chi connectivity index (χ1n) is 10.3. The van der Waals surface area contributed by atoms with Crippen LogP contribution in [-0.4, -0.2) is 34.9 Å². The Hall–Kier alpha value is -1.39. The highest BCUT2D eigenvalue weighted by Crippen LogP contribution is 2.65. The van der Waals surface area contributed by atoms with E-state index < -0.39 is 6.10 Å². The summed E-state index contributed by atoms with van der Waals surface area (Å²) in [6, 6.07) is 0. The summed E-state index contributed by atoms with van der Waals surface area (Å²) in [5.74, 6) is 0.637. The van der Waals surface area contributed by atoms with Crippen molar-refractivity contribution >= 4 is 23.4 Å². The molecule has 2 saturated carbocycles. The van der Waals surface area contributed by atoms with Gasteiger partial charge in [0, 0.05) is 18.3 Å². The van der Waals surface area contributed by atoms with Gasteiger partial charge < -0.3 is 9.84 Å². The zero-order chi connectivity index (χ0) is 20.3. The minimum atomic E-state index is -0.461. The van der Waals surface area contributed by atoms with Crippen LogP contribution in [0.15, 0.2) is 35.5 Å². The Balaban J connectivity index is 1.62. The first-order chi connectivity index (χ1) is 13.2. The first-order valence-corrected chi connectivity index (χ1v) is 10.7. The second-order valence-electron chi connectivity index (χ2n) is 9.38. The quantitative estimate of drug-likeness (QED) is 0.439. The smallest absolute Gasteiger partial charge is 0.302 e. The highest BCUT2D eigenvalue weighted by Gasteiger charge is 2.60. The third-order valence-corrected chi connectivity index (χ3v) is 8.27. The summed E-state index contributed by atoms with van der Waals surface area (Å²) < 4.78 is 5.15. The molecule has 0 aromatic rings. The van der Waals surface area contributed by atoms with Crippen molar-refractivity contribution in [2.75, 3.05) is 6.61 Å². The van der Waals surface area contributed by atoms with E-state index in [9.17, 15) is 14.7 Å². The van der Waals surface area contributed by atoms with Crippen molar-refractivity contribution in [1.82, 2.24) is 0 Å². The highest BCUT2D eigenvalue weighted by atomic mass is 35.5. The molecule has 0 aromatic carbocycles. The van der Waals surface area contributed by atoms with E-state index in [0.29, 0.717) is 18.3 Å². The van der Waals surface area contributed by atoms with Gasteiger partial charge in [-0.15, -0.1) is 11.6 Å². The van der Waals surface area contributed by atoms with Gasteiger partial charge >= 0.3 is 5.97 Å². The molecule has 28 heavy (non-hydrogen) atoms. The van der Waals surface area contributed by atoms with Crippen LogP contribution in [-0.2, 0) is 14.3 Å². The van der Waals surface area contributed by atoms with Crippen LogP contribution in [0.5, 0.6) is 0 Å². The maximum Gasteiger partial charge on any atom is 0.302 e. The number of aliphatic hydroxyl groups is 1. The van der Waals surface area contributed by atoms with Crippen LogP contribution in [0, 0.1) is 28.6 Å². The van der Waals surface area contributed by atoms with Gasteiger partial charge in [0.15, 0.2) is 5.78 Å². The average Bonchev–Trinajstić information content (AvgIpc) is 2.96. The predicted molar refractivity (Wildman–Crippen MR) is 108 cm³/mol. The number of ketones is 1. The zero-order valence-corrected chi connectivity index (χ0v) is 17.5. The van der Waals surface area contributed by atoms with Crippen LogP contribution in [0.4, 0.5) is 0 Å². The molecule has 0 heterocycles. The van der Waals surface area contributed by atoms with Gasteiger partial charge in [0.05, 0.1) is 11.5 Å². The Labute approximate surface area is 171 Å². The molecule has 5 heteroatoms. The fourth-order valence-electron chi connectivity index (χ4n) is 6.69. The Kier molecular flexibility index (Phi) is 4.86. The molecule has 0 spiro atoms. The Bertz CT molecular complexity index is 796. The van der Waals surface area contributed by atoms with Gasteiger partial charge in [-0.1, -0.05) is 31.6 Å². The van der Waals surface area contributed by atoms with Gasteiger partial charge in [-0.05, 0) is 60.7 Å². The number of carbonyl (C=O) groups excluding carboxylic acids is 2. The van der Waals surface area contributed by atoms with Crippen molar-refractivity contribution in [1.29, 1.82) is 0 Å². The molecule has 0 aliphatic heterocycles. The number of rotatable bonds is 3. The lowest BCUT2D eigenvalue weighted by molar-refractivity contribution is -0.141. The lowest BCUT2D eigenvalue weighted by Gasteiger charge is -2.58. The Morgan fingerprint density at radius 2 is 2.18 bits per heavy atom. The monoisotopic (exact) mass is 404 g/mol. The topological polar surface area (TPSA) is 63.6 Å². The van der Waals surface area contributed by atoms with Crippen molar-refractivity contribution in [2.24, 2.45) is 28.6 Å². The van der Waals surface area contributed by atoms with Crippen molar-refractivity contribution in [2.45, 2.75) is 57.9 Å². The molecule has 4 nitrogen and oxygen atoms in total. The van der Waals surface area contributed by atoms with Crippen LogP contribution in [0.1, 0.15) is 46.5 Å². The van der Waals surface area contributed by atoms with Gasteiger partial charge in [-0.25, -0.2) is 0 Å². The molecule has 0 aromatic heterocycles. The number of aliphatic hydroxyl groups excluding tert-OH is 1. The van der Waals surface area contributed by atoms with Gasteiger partial charge in [0.1, 0.15) is 6.61 Å². The van der Waals surface area contributed by atoms with Crippen LogP contribution in [0.3, 0.4) is 0 Å². The second-order valence-corrected chi connectivity index (χ2v) is 9.90. The molecule has 0 radical (unpaired) electrons. The number of fused-ring (bicyclic) bond motifs is 5. The van der Waals surface area contributed by atoms with Crippen molar-refractivity contribution in [3.63, 3.8) is 0 Å². The van der Waals surface area contributed by atoms with E-state index in [-0.39, 0.29) is 40.5 Å². The van der Waals surface area contributed by atoms with Crippen molar-refractivity contribution in [3.05, 3.63) is 35.5 Å². The molecular formula is C23H29ClO4.